The van der Waals surface area contributed by atoms with Crippen molar-refractivity contribution >= 4 is 0 Å². The van der Waals surface area contributed by atoms with Crippen LogP contribution in [-0.4, -0.2) is 50.6 Å². The Balaban J connectivity index is 1.58. The first-order chi connectivity index (χ1) is 7.84. The molecule has 4 nitrogen and oxygen atoms in total. The summed E-state index contributed by atoms with van der Waals surface area (Å²) in [5.41, 5.74) is 0. The van der Waals surface area contributed by atoms with E-state index in [9.17, 15) is 0 Å². The molecule has 92 valence electrons. The zero-order valence-corrected chi connectivity index (χ0v) is 9.93. The summed E-state index contributed by atoms with van der Waals surface area (Å²) in [6.45, 7) is 7.62. The summed E-state index contributed by atoms with van der Waals surface area (Å²) >= 11 is 0. The van der Waals surface area contributed by atoms with E-state index in [1.165, 1.54) is 0 Å². The first-order valence-electron chi connectivity index (χ1n) is 6.08. The van der Waals surface area contributed by atoms with Crippen LogP contribution in [0.15, 0.2) is 12.3 Å². The van der Waals surface area contributed by atoms with Crippen LogP contribution in [0.4, 0.5) is 0 Å². The Hall–Kier alpha value is -0.580. The van der Waals surface area contributed by atoms with Crippen molar-refractivity contribution in [3.05, 3.63) is 12.3 Å². The zero-order valence-electron chi connectivity index (χ0n) is 9.93. The molecule has 0 aliphatic carbocycles. The third-order valence-electron chi connectivity index (χ3n) is 3.02. The molecule has 2 unspecified atom stereocenters. The van der Waals surface area contributed by atoms with Crippen molar-refractivity contribution in [3.63, 3.8) is 0 Å². The van der Waals surface area contributed by atoms with Gasteiger partial charge in [0.2, 0.25) is 0 Å². The molecule has 16 heavy (non-hydrogen) atoms. The first kappa shape index (κ1) is 11.9. The molecule has 2 rings (SSSR count). The van der Waals surface area contributed by atoms with E-state index in [0.717, 1.165) is 45.9 Å². The van der Waals surface area contributed by atoms with Crippen LogP contribution in [0.3, 0.4) is 0 Å². The summed E-state index contributed by atoms with van der Waals surface area (Å²) in [5, 5.41) is 0. The minimum absolute atomic E-state index is 0.0546. The molecule has 0 saturated carbocycles. The topological polar surface area (TPSA) is 30.9 Å². The van der Waals surface area contributed by atoms with Gasteiger partial charge in [0.1, 0.15) is 0 Å². The molecule has 0 amide bonds. The largest absolute Gasteiger partial charge is 0.473 e. The summed E-state index contributed by atoms with van der Waals surface area (Å²) in [4.78, 5) is 2.37. The number of nitrogens with zero attached hydrogens (tertiary/aromatic N) is 1. The van der Waals surface area contributed by atoms with Gasteiger partial charge in [-0.2, -0.15) is 0 Å². The van der Waals surface area contributed by atoms with Gasteiger partial charge in [-0.3, -0.25) is 4.90 Å². The summed E-state index contributed by atoms with van der Waals surface area (Å²) in [7, 11) is 0. The van der Waals surface area contributed by atoms with Gasteiger partial charge < -0.3 is 14.2 Å². The molecule has 1 saturated heterocycles. The minimum atomic E-state index is -0.0546. The Morgan fingerprint density at radius 3 is 2.94 bits per heavy atom. The lowest BCUT2D eigenvalue weighted by molar-refractivity contribution is -0.126. The van der Waals surface area contributed by atoms with Crippen molar-refractivity contribution in [2.75, 3.05) is 39.5 Å². The van der Waals surface area contributed by atoms with Gasteiger partial charge in [-0.15, -0.1) is 0 Å². The molecule has 2 heterocycles. The van der Waals surface area contributed by atoms with Crippen LogP contribution >= 0.6 is 0 Å². The molecule has 2 aliphatic rings. The number of hydrogen-bond acceptors (Lipinski definition) is 4. The normalized spacial score (nSPS) is 31.3. The fourth-order valence-electron chi connectivity index (χ4n) is 1.95. The molecule has 4 heteroatoms. The Bertz CT molecular complexity index is 226. The lowest BCUT2D eigenvalue weighted by Gasteiger charge is -2.28. The molecule has 0 aromatic carbocycles. The van der Waals surface area contributed by atoms with Gasteiger partial charge in [-0.25, -0.2) is 0 Å². The summed E-state index contributed by atoms with van der Waals surface area (Å²) in [5.74, 6) is 0.558. The van der Waals surface area contributed by atoms with Crippen molar-refractivity contribution in [2.24, 2.45) is 5.92 Å². The molecular weight excluding hydrogens is 206 g/mol. The zero-order chi connectivity index (χ0) is 11.2. The summed E-state index contributed by atoms with van der Waals surface area (Å²) in [6, 6.07) is 0. The van der Waals surface area contributed by atoms with Crippen LogP contribution < -0.4 is 0 Å². The van der Waals surface area contributed by atoms with Crippen molar-refractivity contribution < 1.29 is 14.2 Å². The highest BCUT2D eigenvalue weighted by Gasteiger charge is 2.17. The molecule has 0 N–H and O–H groups in total. The van der Waals surface area contributed by atoms with Crippen LogP contribution in [0.25, 0.3) is 0 Å². The molecule has 0 spiro atoms. The maximum absolute atomic E-state index is 5.70. The molecule has 2 atom stereocenters. The SMILES string of the molecule is CC1C=COC(OCCN2CCOCC2)C1. The quantitative estimate of drug-likeness (QED) is 0.723. The van der Waals surface area contributed by atoms with Crippen LogP contribution in [-0.2, 0) is 14.2 Å². The first-order valence-corrected chi connectivity index (χ1v) is 6.08. The monoisotopic (exact) mass is 227 g/mol. The van der Waals surface area contributed by atoms with Crippen LogP contribution in [0.2, 0.25) is 0 Å². The average molecular weight is 227 g/mol. The van der Waals surface area contributed by atoms with Gasteiger partial charge >= 0.3 is 0 Å². The maximum atomic E-state index is 5.70. The van der Waals surface area contributed by atoms with Crippen LogP contribution in [0.1, 0.15) is 13.3 Å². The van der Waals surface area contributed by atoms with E-state index in [2.05, 4.69) is 17.9 Å². The lowest BCUT2D eigenvalue weighted by Crippen LogP contribution is -2.39. The van der Waals surface area contributed by atoms with Gasteiger partial charge in [-0.05, 0) is 12.0 Å². The fourth-order valence-corrected chi connectivity index (χ4v) is 1.95. The second-order valence-corrected chi connectivity index (χ2v) is 4.43. The minimum Gasteiger partial charge on any atom is -0.473 e. The Morgan fingerprint density at radius 2 is 2.19 bits per heavy atom. The number of morpholine rings is 1. The van der Waals surface area contributed by atoms with Gasteiger partial charge in [0, 0.05) is 26.1 Å². The third kappa shape index (κ3) is 3.77. The molecule has 0 aromatic rings. The molecule has 0 bridgehead atoms. The van der Waals surface area contributed by atoms with E-state index < -0.39 is 0 Å². The van der Waals surface area contributed by atoms with E-state index in [1.54, 1.807) is 6.26 Å². The smallest absolute Gasteiger partial charge is 0.199 e. The van der Waals surface area contributed by atoms with Gasteiger partial charge in [-0.1, -0.05) is 6.92 Å². The predicted octanol–water partition coefficient (Wildman–Crippen LogP) is 1.23. The van der Waals surface area contributed by atoms with Crippen molar-refractivity contribution in [1.29, 1.82) is 0 Å². The molecule has 0 radical (unpaired) electrons. The average Bonchev–Trinajstić information content (AvgIpc) is 2.30. The second-order valence-electron chi connectivity index (χ2n) is 4.43. The Kier molecular flexibility index (Phi) is 4.63. The molecule has 0 aromatic heterocycles. The standard InChI is InChI=1S/C12H21NO3/c1-11-2-6-15-12(10-11)16-9-5-13-3-7-14-8-4-13/h2,6,11-12H,3-5,7-10H2,1H3. The van der Waals surface area contributed by atoms with Gasteiger partial charge in [0.25, 0.3) is 0 Å². The van der Waals surface area contributed by atoms with E-state index in [1.807, 2.05) is 0 Å². The van der Waals surface area contributed by atoms with Crippen molar-refractivity contribution in [1.82, 2.24) is 4.90 Å². The van der Waals surface area contributed by atoms with E-state index in [0.29, 0.717) is 5.92 Å². The van der Waals surface area contributed by atoms with Crippen LogP contribution in [0, 0.1) is 5.92 Å². The number of hydrogen-bond donors (Lipinski definition) is 0. The van der Waals surface area contributed by atoms with E-state index in [-0.39, 0.29) is 6.29 Å². The number of allylic oxidation sites excluding steroid dienone is 1. The van der Waals surface area contributed by atoms with E-state index >= 15 is 0 Å². The van der Waals surface area contributed by atoms with Gasteiger partial charge in [0.05, 0.1) is 26.1 Å². The molecule has 1 fully saturated rings. The third-order valence-corrected chi connectivity index (χ3v) is 3.02. The van der Waals surface area contributed by atoms with Crippen molar-refractivity contribution in [3.8, 4) is 0 Å². The molecular formula is C12H21NO3. The lowest BCUT2D eigenvalue weighted by atomic mass is 10.1. The van der Waals surface area contributed by atoms with E-state index in [4.69, 9.17) is 14.2 Å². The Morgan fingerprint density at radius 1 is 1.38 bits per heavy atom. The Labute approximate surface area is 97.2 Å². The van der Waals surface area contributed by atoms with Crippen molar-refractivity contribution in [2.45, 2.75) is 19.6 Å². The molecule has 2 aliphatic heterocycles. The predicted molar refractivity (Wildman–Crippen MR) is 61.0 cm³/mol. The van der Waals surface area contributed by atoms with Gasteiger partial charge in [0.15, 0.2) is 6.29 Å². The summed E-state index contributed by atoms with van der Waals surface area (Å²) < 4.78 is 16.4. The fraction of sp³-hybridized carbons (Fsp3) is 0.833. The highest BCUT2D eigenvalue weighted by molar-refractivity contribution is 4.85. The van der Waals surface area contributed by atoms with Crippen LogP contribution in [0.5, 0.6) is 0 Å². The summed E-state index contributed by atoms with van der Waals surface area (Å²) in [6.07, 6.45) is 4.73. The maximum Gasteiger partial charge on any atom is 0.199 e. The highest BCUT2D eigenvalue weighted by Crippen LogP contribution is 2.17. The number of rotatable bonds is 4. The number of ether oxygens (including phenoxy) is 3. The second kappa shape index (κ2) is 6.23. The highest BCUT2D eigenvalue weighted by atomic mass is 16.7.